The standard InChI is InChI=1S/C14H24N2O2/c1-2-11-18-14-6-4-3-5-13(14)12-16-8-7-15-9-10-17/h3-6,15-17H,2,7-12H2,1H3. The molecule has 0 amide bonds. The van der Waals surface area contributed by atoms with Gasteiger partial charge in [0.25, 0.3) is 0 Å². The number of nitrogens with one attached hydrogen (secondary N) is 2. The molecule has 0 aliphatic carbocycles. The van der Waals surface area contributed by atoms with Crippen molar-refractivity contribution in [3.8, 4) is 5.75 Å². The van der Waals surface area contributed by atoms with Gasteiger partial charge in [0.2, 0.25) is 0 Å². The molecule has 0 unspecified atom stereocenters. The summed E-state index contributed by atoms with van der Waals surface area (Å²) >= 11 is 0. The van der Waals surface area contributed by atoms with E-state index in [1.807, 2.05) is 18.2 Å². The highest BCUT2D eigenvalue weighted by molar-refractivity contribution is 5.33. The van der Waals surface area contributed by atoms with Gasteiger partial charge >= 0.3 is 0 Å². The lowest BCUT2D eigenvalue weighted by molar-refractivity contribution is 0.292. The summed E-state index contributed by atoms with van der Waals surface area (Å²) in [7, 11) is 0. The van der Waals surface area contributed by atoms with Crippen LogP contribution in [0.25, 0.3) is 0 Å². The lowest BCUT2D eigenvalue weighted by atomic mass is 10.2. The van der Waals surface area contributed by atoms with Crippen LogP contribution in [-0.4, -0.2) is 38.0 Å². The van der Waals surface area contributed by atoms with Gasteiger partial charge in [0.15, 0.2) is 0 Å². The first kappa shape index (κ1) is 15.0. The van der Waals surface area contributed by atoms with Gasteiger partial charge < -0.3 is 20.5 Å². The maximum absolute atomic E-state index is 8.62. The zero-order chi connectivity index (χ0) is 13.1. The van der Waals surface area contributed by atoms with Crippen LogP contribution in [0.3, 0.4) is 0 Å². The predicted molar refractivity (Wildman–Crippen MR) is 73.9 cm³/mol. The monoisotopic (exact) mass is 252 g/mol. The topological polar surface area (TPSA) is 53.5 Å². The molecule has 0 heterocycles. The Hall–Kier alpha value is -1.10. The molecule has 0 spiro atoms. The predicted octanol–water partition coefficient (Wildman–Crippen LogP) is 1.15. The summed E-state index contributed by atoms with van der Waals surface area (Å²) in [5.41, 5.74) is 1.19. The normalized spacial score (nSPS) is 10.6. The second kappa shape index (κ2) is 9.88. The number of ether oxygens (including phenoxy) is 1. The van der Waals surface area contributed by atoms with Gasteiger partial charge in [-0.1, -0.05) is 25.1 Å². The van der Waals surface area contributed by atoms with Crippen LogP contribution in [0.15, 0.2) is 24.3 Å². The first-order chi connectivity index (χ1) is 8.88. The number of aliphatic hydroxyl groups excluding tert-OH is 1. The number of hydrogen-bond acceptors (Lipinski definition) is 4. The molecule has 4 nitrogen and oxygen atoms in total. The van der Waals surface area contributed by atoms with Gasteiger partial charge in [-0.25, -0.2) is 0 Å². The van der Waals surface area contributed by atoms with E-state index in [1.165, 1.54) is 5.56 Å². The third-order valence-corrected chi connectivity index (χ3v) is 2.52. The number of benzene rings is 1. The SMILES string of the molecule is CCCOc1ccccc1CNCCNCCO. The van der Waals surface area contributed by atoms with Crippen molar-refractivity contribution in [2.75, 3.05) is 32.8 Å². The minimum absolute atomic E-state index is 0.188. The highest BCUT2D eigenvalue weighted by atomic mass is 16.5. The molecule has 18 heavy (non-hydrogen) atoms. The van der Waals surface area contributed by atoms with Gasteiger partial charge in [-0.3, -0.25) is 0 Å². The van der Waals surface area contributed by atoms with E-state index in [2.05, 4.69) is 23.6 Å². The van der Waals surface area contributed by atoms with Crippen LogP contribution in [0.5, 0.6) is 5.75 Å². The minimum Gasteiger partial charge on any atom is -0.493 e. The molecule has 0 radical (unpaired) electrons. The lowest BCUT2D eigenvalue weighted by Crippen LogP contribution is -2.28. The number of rotatable bonds is 10. The fourth-order valence-corrected chi connectivity index (χ4v) is 1.61. The van der Waals surface area contributed by atoms with E-state index >= 15 is 0 Å². The fraction of sp³-hybridized carbons (Fsp3) is 0.571. The Bertz CT molecular complexity index is 318. The molecule has 4 heteroatoms. The first-order valence-electron chi connectivity index (χ1n) is 6.61. The van der Waals surface area contributed by atoms with Crippen molar-refractivity contribution < 1.29 is 9.84 Å². The maximum atomic E-state index is 8.62. The Morgan fingerprint density at radius 1 is 1.11 bits per heavy atom. The summed E-state index contributed by atoms with van der Waals surface area (Å²) < 4.78 is 5.69. The average molecular weight is 252 g/mol. The molecule has 0 aromatic heterocycles. The van der Waals surface area contributed by atoms with Crippen molar-refractivity contribution in [2.45, 2.75) is 19.9 Å². The van der Waals surface area contributed by atoms with Gasteiger partial charge in [0, 0.05) is 31.7 Å². The summed E-state index contributed by atoms with van der Waals surface area (Å²) in [5.74, 6) is 0.968. The van der Waals surface area contributed by atoms with Crippen molar-refractivity contribution in [1.29, 1.82) is 0 Å². The van der Waals surface area contributed by atoms with Crippen LogP contribution in [0, 0.1) is 0 Å². The molecule has 0 saturated carbocycles. The van der Waals surface area contributed by atoms with Crippen LogP contribution in [0.4, 0.5) is 0 Å². The van der Waals surface area contributed by atoms with Gasteiger partial charge in [-0.05, 0) is 12.5 Å². The summed E-state index contributed by atoms with van der Waals surface area (Å²) in [6.07, 6.45) is 1.02. The summed E-state index contributed by atoms with van der Waals surface area (Å²) in [5, 5.41) is 15.1. The Morgan fingerprint density at radius 3 is 2.67 bits per heavy atom. The molecule has 0 bridgehead atoms. The summed E-state index contributed by atoms with van der Waals surface area (Å²) in [6, 6.07) is 8.12. The van der Waals surface area contributed by atoms with Crippen LogP contribution in [-0.2, 0) is 6.54 Å². The fourth-order valence-electron chi connectivity index (χ4n) is 1.61. The van der Waals surface area contributed by atoms with Crippen molar-refractivity contribution in [2.24, 2.45) is 0 Å². The van der Waals surface area contributed by atoms with Crippen LogP contribution in [0.2, 0.25) is 0 Å². The molecule has 1 aromatic carbocycles. The molecular weight excluding hydrogens is 228 g/mol. The van der Waals surface area contributed by atoms with E-state index in [0.29, 0.717) is 6.54 Å². The van der Waals surface area contributed by atoms with Gasteiger partial charge in [-0.2, -0.15) is 0 Å². The number of hydrogen-bond donors (Lipinski definition) is 3. The second-order valence-electron chi connectivity index (χ2n) is 4.11. The molecule has 0 fully saturated rings. The van der Waals surface area contributed by atoms with Crippen molar-refractivity contribution in [3.63, 3.8) is 0 Å². The van der Waals surface area contributed by atoms with E-state index in [0.717, 1.165) is 38.4 Å². The molecular formula is C14H24N2O2. The van der Waals surface area contributed by atoms with E-state index in [-0.39, 0.29) is 6.61 Å². The van der Waals surface area contributed by atoms with Crippen LogP contribution < -0.4 is 15.4 Å². The van der Waals surface area contributed by atoms with Crippen LogP contribution in [0.1, 0.15) is 18.9 Å². The summed E-state index contributed by atoms with van der Waals surface area (Å²) in [6.45, 7) is 6.25. The quantitative estimate of drug-likeness (QED) is 0.547. The Morgan fingerprint density at radius 2 is 1.89 bits per heavy atom. The van der Waals surface area contributed by atoms with E-state index in [1.54, 1.807) is 0 Å². The third kappa shape index (κ3) is 6.00. The lowest BCUT2D eigenvalue weighted by Gasteiger charge is -2.11. The molecule has 3 N–H and O–H groups in total. The molecule has 1 rings (SSSR count). The van der Waals surface area contributed by atoms with Crippen molar-refractivity contribution in [3.05, 3.63) is 29.8 Å². The largest absolute Gasteiger partial charge is 0.493 e. The molecule has 0 aliphatic heterocycles. The average Bonchev–Trinajstić information content (AvgIpc) is 2.41. The molecule has 0 aliphatic rings. The molecule has 1 aromatic rings. The third-order valence-electron chi connectivity index (χ3n) is 2.52. The molecule has 0 saturated heterocycles. The van der Waals surface area contributed by atoms with Gasteiger partial charge in [0.1, 0.15) is 5.75 Å². The smallest absolute Gasteiger partial charge is 0.123 e. The van der Waals surface area contributed by atoms with Gasteiger partial charge in [0.05, 0.1) is 13.2 Å². The van der Waals surface area contributed by atoms with Crippen molar-refractivity contribution >= 4 is 0 Å². The number of aliphatic hydroxyl groups is 1. The first-order valence-corrected chi connectivity index (χ1v) is 6.61. The van der Waals surface area contributed by atoms with E-state index < -0.39 is 0 Å². The Balaban J connectivity index is 2.27. The molecule has 0 atom stereocenters. The van der Waals surface area contributed by atoms with E-state index in [4.69, 9.17) is 9.84 Å². The van der Waals surface area contributed by atoms with Crippen LogP contribution >= 0.6 is 0 Å². The zero-order valence-corrected chi connectivity index (χ0v) is 11.1. The Kier molecular flexibility index (Phi) is 8.21. The summed E-state index contributed by atoms with van der Waals surface area (Å²) in [4.78, 5) is 0. The minimum atomic E-state index is 0.188. The van der Waals surface area contributed by atoms with E-state index in [9.17, 15) is 0 Å². The maximum Gasteiger partial charge on any atom is 0.123 e. The Labute approximate surface area is 109 Å². The highest BCUT2D eigenvalue weighted by Crippen LogP contribution is 2.17. The van der Waals surface area contributed by atoms with Gasteiger partial charge in [-0.15, -0.1) is 0 Å². The molecule has 102 valence electrons. The highest BCUT2D eigenvalue weighted by Gasteiger charge is 2.01. The second-order valence-corrected chi connectivity index (χ2v) is 4.11. The van der Waals surface area contributed by atoms with Crippen molar-refractivity contribution in [1.82, 2.24) is 10.6 Å². The number of para-hydroxylation sites is 1. The zero-order valence-electron chi connectivity index (χ0n) is 11.1.